The summed E-state index contributed by atoms with van der Waals surface area (Å²) >= 11 is 1.92. The van der Waals surface area contributed by atoms with E-state index in [-0.39, 0.29) is 8.16 Å². The summed E-state index contributed by atoms with van der Waals surface area (Å²) in [6.07, 6.45) is 0. The van der Waals surface area contributed by atoms with E-state index >= 15 is 0 Å². The molecule has 3 aliphatic rings. The quantitative estimate of drug-likeness (QED) is 0.582. The third-order valence-corrected chi connectivity index (χ3v) is 8.72. The topological polar surface area (TPSA) is 17.1 Å². The van der Waals surface area contributed by atoms with Gasteiger partial charge in [0.2, 0.25) is 0 Å². The summed E-state index contributed by atoms with van der Waals surface area (Å²) in [6.45, 7) is 8.75. The molecule has 0 spiro atoms. The van der Waals surface area contributed by atoms with Crippen LogP contribution in [0.2, 0.25) is 0 Å². The van der Waals surface area contributed by atoms with Crippen LogP contribution in [0.15, 0.2) is 0 Å². The molecule has 1 nitrogen and oxygen atoms in total. The van der Waals surface area contributed by atoms with Crippen molar-refractivity contribution in [1.29, 1.82) is 0 Å². The molecule has 3 aliphatic heterocycles. The van der Waals surface area contributed by atoms with Crippen molar-refractivity contribution in [2.24, 2.45) is 11.8 Å². The van der Waals surface area contributed by atoms with Crippen molar-refractivity contribution in [1.82, 2.24) is 0 Å². The smallest absolute Gasteiger partial charge is 0.0938 e. The fourth-order valence-electron chi connectivity index (χ4n) is 2.28. The summed E-state index contributed by atoms with van der Waals surface area (Å²) in [6, 6.07) is 0. The lowest BCUT2D eigenvalue weighted by Crippen LogP contribution is -2.46. The molecule has 5 atom stereocenters. The number of rotatable bonds is 0. The van der Waals surface area contributed by atoms with Crippen molar-refractivity contribution in [3.05, 3.63) is 0 Å². The Bertz CT molecular complexity index is 218. The number of hydrogen-bond donors (Lipinski definition) is 0. The molecule has 3 saturated heterocycles. The van der Waals surface area contributed by atoms with Crippen molar-refractivity contribution < 1.29 is 4.21 Å². The molecule has 0 N–H and O–H groups in total. The lowest BCUT2D eigenvalue weighted by molar-refractivity contribution is 0.413. The Morgan fingerprint density at radius 3 is 1.64 bits per heavy atom. The minimum Gasteiger partial charge on any atom is -0.257 e. The van der Waals surface area contributed by atoms with Gasteiger partial charge in [-0.15, -0.1) is 11.8 Å². The summed E-state index contributed by atoms with van der Waals surface area (Å²) < 4.78 is 11.9. The highest BCUT2D eigenvalue weighted by molar-refractivity contribution is 8.29. The number of hydrogen-bond acceptors (Lipinski definition) is 2. The molecule has 0 saturated carbocycles. The third-order valence-electron chi connectivity index (χ3n) is 3.55. The molecule has 0 radical (unpaired) electrons. The molecule has 0 aromatic heterocycles. The van der Waals surface area contributed by atoms with Gasteiger partial charge in [-0.2, -0.15) is 0 Å². The Labute approximate surface area is 74.8 Å². The van der Waals surface area contributed by atoms with Crippen molar-refractivity contribution in [3.63, 3.8) is 0 Å². The fraction of sp³-hybridized carbons (Fsp3) is 1.00. The Kier molecular flexibility index (Phi) is 1.38. The molecule has 64 valence electrons. The molecule has 1 unspecified atom stereocenters. The Morgan fingerprint density at radius 2 is 1.55 bits per heavy atom. The first-order valence-electron chi connectivity index (χ1n) is 4.05. The van der Waals surface area contributed by atoms with E-state index < -0.39 is 10.8 Å². The lowest BCUT2D eigenvalue weighted by atomic mass is 9.92. The van der Waals surface area contributed by atoms with Crippen LogP contribution in [0.4, 0.5) is 0 Å². The van der Waals surface area contributed by atoms with Crippen LogP contribution in [0.1, 0.15) is 27.7 Å². The van der Waals surface area contributed by atoms with Crippen molar-refractivity contribution in [2.45, 2.75) is 35.9 Å². The highest BCUT2D eigenvalue weighted by atomic mass is 32.3. The molecule has 2 bridgehead atoms. The van der Waals surface area contributed by atoms with Gasteiger partial charge in [-0.25, -0.2) is 0 Å². The maximum Gasteiger partial charge on any atom is 0.0938 e. The molecule has 3 fully saturated rings. The van der Waals surface area contributed by atoms with E-state index in [2.05, 4.69) is 27.7 Å². The highest BCUT2D eigenvalue weighted by Crippen LogP contribution is 2.71. The first-order chi connectivity index (χ1) is 4.93. The zero-order valence-corrected chi connectivity index (χ0v) is 9.01. The van der Waals surface area contributed by atoms with Crippen LogP contribution in [-0.2, 0) is 10.8 Å². The van der Waals surface area contributed by atoms with Crippen LogP contribution >= 0.6 is 11.8 Å². The van der Waals surface area contributed by atoms with Gasteiger partial charge in [0.15, 0.2) is 0 Å². The van der Waals surface area contributed by atoms with Crippen LogP contribution in [0.5, 0.6) is 0 Å². The summed E-state index contributed by atoms with van der Waals surface area (Å²) in [4.78, 5) is 0. The third kappa shape index (κ3) is 0.637. The van der Waals surface area contributed by atoms with Gasteiger partial charge < -0.3 is 0 Å². The molecule has 0 amide bonds. The first-order valence-corrected chi connectivity index (χ1v) is 6.01. The molecule has 3 heteroatoms. The van der Waals surface area contributed by atoms with E-state index in [1.807, 2.05) is 11.8 Å². The molecule has 0 aromatic carbocycles. The zero-order chi connectivity index (χ0) is 8.44. The second-order valence-corrected chi connectivity index (χ2v) is 8.63. The molecule has 0 aromatic rings. The van der Waals surface area contributed by atoms with Gasteiger partial charge in [0.05, 0.1) is 19.0 Å². The molecule has 11 heavy (non-hydrogen) atoms. The Hall–Kier alpha value is 0.500. The Morgan fingerprint density at radius 1 is 1.18 bits per heavy atom. The van der Waals surface area contributed by atoms with Crippen LogP contribution < -0.4 is 0 Å². The summed E-state index contributed by atoms with van der Waals surface area (Å²) in [5, 5.41) is 0. The van der Waals surface area contributed by atoms with Crippen molar-refractivity contribution in [2.75, 3.05) is 0 Å². The van der Waals surface area contributed by atoms with Gasteiger partial charge in [0, 0.05) is 0 Å². The zero-order valence-electron chi connectivity index (χ0n) is 7.38. The van der Waals surface area contributed by atoms with E-state index in [4.69, 9.17) is 0 Å². The van der Waals surface area contributed by atoms with Gasteiger partial charge in [0.1, 0.15) is 0 Å². The largest absolute Gasteiger partial charge is 0.257 e. The molecular weight excluding hydrogens is 176 g/mol. The predicted octanol–water partition coefficient (Wildman–Crippen LogP) is 2.20. The van der Waals surface area contributed by atoms with Gasteiger partial charge in [-0.3, -0.25) is 4.21 Å². The lowest BCUT2D eigenvalue weighted by Gasteiger charge is -2.42. The second kappa shape index (κ2) is 1.87. The van der Waals surface area contributed by atoms with E-state index in [9.17, 15) is 4.21 Å². The molecule has 0 aliphatic carbocycles. The van der Waals surface area contributed by atoms with Gasteiger partial charge in [0.25, 0.3) is 0 Å². The van der Waals surface area contributed by atoms with Gasteiger partial charge in [-0.1, -0.05) is 13.8 Å². The molecule has 3 rings (SSSR count). The molecule has 3 heterocycles. The minimum atomic E-state index is -0.599. The van der Waals surface area contributed by atoms with E-state index in [1.54, 1.807) is 0 Å². The fourth-order valence-corrected chi connectivity index (χ4v) is 7.87. The van der Waals surface area contributed by atoms with Crippen LogP contribution in [0.3, 0.4) is 0 Å². The van der Waals surface area contributed by atoms with E-state index in [0.717, 1.165) is 0 Å². The van der Waals surface area contributed by atoms with Crippen molar-refractivity contribution in [3.8, 4) is 0 Å². The van der Waals surface area contributed by atoms with E-state index in [0.29, 0.717) is 11.8 Å². The van der Waals surface area contributed by atoms with E-state index in [1.165, 1.54) is 0 Å². The Balaban J connectivity index is 2.45. The van der Waals surface area contributed by atoms with Gasteiger partial charge in [-0.05, 0) is 25.7 Å². The maximum atomic E-state index is 11.8. The normalized spacial score (nSPS) is 67.8. The van der Waals surface area contributed by atoms with Gasteiger partial charge >= 0.3 is 0 Å². The van der Waals surface area contributed by atoms with Crippen molar-refractivity contribution >= 4 is 22.6 Å². The van der Waals surface area contributed by atoms with Crippen LogP contribution in [0.25, 0.3) is 0 Å². The molecular formula is C8H14OS2. The predicted molar refractivity (Wildman–Crippen MR) is 50.9 cm³/mol. The average molecular weight is 190 g/mol. The summed E-state index contributed by atoms with van der Waals surface area (Å²) in [5.74, 6) is 1.22. The monoisotopic (exact) mass is 190 g/mol. The minimum absolute atomic E-state index is 0.0775. The number of fused-ring (bicyclic) bond motifs is 1. The second-order valence-electron chi connectivity index (χ2n) is 3.98. The highest BCUT2D eigenvalue weighted by Gasteiger charge is 2.71. The first kappa shape index (κ1) is 8.11. The van der Waals surface area contributed by atoms with Crippen LogP contribution in [0, 0.1) is 11.8 Å². The average Bonchev–Trinajstić information content (AvgIpc) is 2.20. The summed E-state index contributed by atoms with van der Waals surface area (Å²) in [5.41, 5.74) is 0. The number of thioether (sulfide) groups is 1. The maximum absolute atomic E-state index is 11.8. The summed E-state index contributed by atoms with van der Waals surface area (Å²) in [7, 11) is -0.599. The SMILES string of the molecule is C[C@@H]1[C@H](C)[C@@]2(C)S[C@@]1(C)S2=O. The van der Waals surface area contributed by atoms with Crippen LogP contribution in [-0.4, -0.2) is 12.4 Å². The standard InChI is InChI=1S/C8H14OS2/c1-5-6(2)8(4)10-7(5,3)11(8)9/h5-6H,1-4H3/t5-,6+,7-,8-,11?/m0/s1.